The maximum absolute atomic E-state index is 12.1. The predicted molar refractivity (Wildman–Crippen MR) is 93.4 cm³/mol. The fraction of sp³-hybridized carbons (Fsp3) is 0.444. The van der Waals surface area contributed by atoms with E-state index in [0.717, 1.165) is 17.9 Å². The average molecular weight is 346 g/mol. The zero-order valence-corrected chi connectivity index (χ0v) is 14.1. The van der Waals surface area contributed by atoms with Crippen LogP contribution in [0.15, 0.2) is 42.9 Å². The molecule has 0 aliphatic carbocycles. The number of benzene rings is 1. The molecular formula is C18H23FN4O2. The first kappa shape index (κ1) is 17.6. The van der Waals surface area contributed by atoms with Crippen molar-refractivity contribution in [2.45, 2.75) is 18.6 Å². The van der Waals surface area contributed by atoms with Crippen molar-refractivity contribution in [1.29, 1.82) is 0 Å². The molecule has 0 saturated carbocycles. The third-order valence-electron chi connectivity index (χ3n) is 4.26. The lowest BCUT2D eigenvalue weighted by atomic mass is 10.0. The van der Waals surface area contributed by atoms with E-state index in [1.807, 2.05) is 29.2 Å². The lowest BCUT2D eigenvalue weighted by Crippen LogP contribution is -2.43. The van der Waals surface area contributed by atoms with Crippen LogP contribution in [0.3, 0.4) is 0 Å². The molecule has 0 bridgehead atoms. The van der Waals surface area contributed by atoms with Crippen molar-refractivity contribution < 1.29 is 14.2 Å². The Morgan fingerprint density at radius 3 is 2.84 bits per heavy atom. The van der Waals surface area contributed by atoms with Crippen LogP contribution in [0.1, 0.15) is 12.0 Å². The van der Waals surface area contributed by atoms with Gasteiger partial charge in [0.2, 0.25) is 0 Å². The number of nitrogens with one attached hydrogen (secondary N) is 1. The number of hydrogen-bond acceptors (Lipinski definition) is 6. The summed E-state index contributed by atoms with van der Waals surface area (Å²) in [6.45, 7) is 2.04. The molecule has 0 unspecified atom stereocenters. The van der Waals surface area contributed by atoms with Gasteiger partial charge < -0.3 is 20.1 Å². The van der Waals surface area contributed by atoms with Gasteiger partial charge in [-0.3, -0.25) is 4.98 Å². The maximum atomic E-state index is 12.1. The van der Waals surface area contributed by atoms with Crippen molar-refractivity contribution in [2.75, 3.05) is 37.8 Å². The zero-order valence-electron chi connectivity index (χ0n) is 14.1. The molecule has 0 amide bonds. The molecule has 0 spiro atoms. The van der Waals surface area contributed by atoms with Crippen molar-refractivity contribution in [3.63, 3.8) is 0 Å². The highest BCUT2D eigenvalue weighted by Gasteiger charge is 2.36. The standard InChI is InChI=1S/C18H23FN4O2/c19-6-10-25-16-3-1-15(2-4-16)11-21-13-18(24)5-9-23(14-18)17-12-20-7-8-22-17/h1-4,7-8,12,21,24H,5-6,9-11,13-14H2/t18-/m0/s1. The molecule has 0 radical (unpaired) electrons. The summed E-state index contributed by atoms with van der Waals surface area (Å²) in [6, 6.07) is 7.52. The van der Waals surface area contributed by atoms with Gasteiger partial charge in [-0.15, -0.1) is 0 Å². The van der Waals surface area contributed by atoms with Crippen LogP contribution < -0.4 is 15.0 Å². The largest absolute Gasteiger partial charge is 0.491 e. The van der Waals surface area contributed by atoms with E-state index < -0.39 is 12.3 Å². The number of anilines is 1. The Labute approximate surface area is 146 Å². The predicted octanol–water partition coefficient (Wildman–Crippen LogP) is 1.56. The molecule has 1 atom stereocenters. The SMILES string of the molecule is O[C@]1(CNCc2ccc(OCCF)cc2)CCN(c2cnccn2)C1. The van der Waals surface area contributed by atoms with Gasteiger partial charge in [0.1, 0.15) is 24.8 Å². The Morgan fingerprint density at radius 2 is 2.12 bits per heavy atom. The van der Waals surface area contributed by atoms with Crippen LogP contribution in [0.5, 0.6) is 5.75 Å². The Balaban J connectivity index is 1.45. The molecule has 25 heavy (non-hydrogen) atoms. The molecule has 1 aromatic carbocycles. The van der Waals surface area contributed by atoms with E-state index in [1.54, 1.807) is 18.6 Å². The fourth-order valence-electron chi connectivity index (χ4n) is 2.95. The molecule has 1 aromatic heterocycles. The highest BCUT2D eigenvalue weighted by atomic mass is 19.1. The highest BCUT2D eigenvalue weighted by molar-refractivity contribution is 5.38. The number of aromatic nitrogens is 2. The lowest BCUT2D eigenvalue weighted by Gasteiger charge is -2.24. The normalized spacial score (nSPS) is 20.0. The summed E-state index contributed by atoms with van der Waals surface area (Å²) < 4.78 is 17.3. The van der Waals surface area contributed by atoms with Crippen molar-refractivity contribution in [3.05, 3.63) is 48.4 Å². The zero-order chi connectivity index (χ0) is 17.5. The average Bonchev–Trinajstić information content (AvgIpc) is 3.04. The van der Waals surface area contributed by atoms with Crippen LogP contribution in [0.2, 0.25) is 0 Å². The molecule has 1 saturated heterocycles. The molecule has 3 rings (SSSR count). The number of halogens is 1. The third kappa shape index (κ3) is 4.87. The lowest BCUT2D eigenvalue weighted by molar-refractivity contribution is 0.0626. The van der Waals surface area contributed by atoms with Crippen LogP contribution in [-0.4, -0.2) is 53.6 Å². The number of rotatable bonds is 8. The minimum absolute atomic E-state index is 0.0763. The van der Waals surface area contributed by atoms with Gasteiger partial charge in [-0.2, -0.15) is 0 Å². The summed E-state index contributed by atoms with van der Waals surface area (Å²) in [6.07, 6.45) is 5.70. The van der Waals surface area contributed by atoms with Gasteiger partial charge >= 0.3 is 0 Å². The third-order valence-corrected chi connectivity index (χ3v) is 4.26. The van der Waals surface area contributed by atoms with E-state index in [2.05, 4.69) is 15.3 Å². The van der Waals surface area contributed by atoms with E-state index in [9.17, 15) is 9.50 Å². The summed E-state index contributed by atoms with van der Waals surface area (Å²) >= 11 is 0. The quantitative estimate of drug-likeness (QED) is 0.756. The van der Waals surface area contributed by atoms with Gasteiger partial charge in [0, 0.05) is 38.6 Å². The number of aliphatic hydroxyl groups is 1. The van der Waals surface area contributed by atoms with Gasteiger partial charge in [0.05, 0.1) is 11.8 Å². The summed E-state index contributed by atoms with van der Waals surface area (Å²) in [5, 5.41) is 14.0. The second-order valence-corrected chi connectivity index (χ2v) is 6.24. The molecule has 7 heteroatoms. The van der Waals surface area contributed by atoms with Crippen LogP contribution in [0.4, 0.5) is 10.2 Å². The minimum Gasteiger partial charge on any atom is -0.491 e. The van der Waals surface area contributed by atoms with Gasteiger partial charge in [0.25, 0.3) is 0 Å². The number of alkyl halides is 1. The van der Waals surface area contributed by atoms with Gasteiger partial charge in [0.15, 0.2) is 0 Å². The Kier molecular flexibility index (Phi) is 5.78. The van der Waals surface area contributed by atoms with E-state index >= 15 is 0 Å². The number of ether oxygens (including phenoxy) is 1. The van der Waals surface area contributed by atoms with Gasteiger partial charge in [-0.25, -0.2) is 9.37 Å². The number of nitrogens with zero attached hydrogens (tertiary/aromatic N) is 3. The van der Waals surface area contributed by atoms with Crippen molar-refractivity contribution in [2.24, 2.45) is 0 Å². The van der Waals surface area contributed by atoms with Gasteiger partial charge in [-0.1, -0.05) is 12.1 Å². The van der Waals surface area contributed by atoms with Crippen molar-refractivity contribution >= 4 is 5.82 Å². The molecule has 1 aliphatic rings. The summed E-state index contributed by atoms with van der Waals surface area (Å²) in [5.41, 5.74) is 0.307. The Bertz CT molecular complexity index is 656. The molecular weight excluding hydrogens is 323 g/mol. The first-order chi connectivity index (χ1) is 12.2. The van der Waals surface area contributed by atoms with E-state index in [0.29, 0.717) is 31.8 Å². The minimum atomic E-state index is -0.776. The second kappa shape index (κ2) is 8.22. The smallest absolute Gasteiger partial charge is 0.147 e. The molecule has 6 nitrogen and oxygen atoms in total. The van der Waals surface area contributed by atoms with E-state index in [4.69, 9.17) is 4.74 Å². The molecule has 2 heterocycles. The monoisotopic (exact) mass is 346 g/mol. The fourth-order valence-corrected chi connectivity index (χ4v) is 2.95. The first-order valence-corrected chi connectivity index (χ1v) is 8.40. The second-order valence-electron chi connectivity index (χ2n) is 6.24. The Morgan fingerprint density at radius 1 is 1.28 bits per heavy atom. The van der Waals surface area contributed by atoms with Crippen LogP contribution >= 0.6 is 0 Å². The van der Waals surface area contributed by atoms with E-state index in [-0.39, 0.29) is 6.61 Å². The summed E-state index contributed by atoms with van der Waals surface area (Å²) in [4.78, 5) is 10.4. The molecule has 134 valence electrons. The van der Waals surface area contributed by atoms with Crippen LogP contribution in [0.25, 0.3) is 0 Å². The highest BCUT2D eigenvalue weighted by Crippen LogP contribution is 2.24. The summed E-state index contributed by atoms with van der Waals surface area (Å²) in [7, 11) is 0. The van der Waals surface area contributed by atoms with Crippen LogP contribution in [-0.2, 0) is 6.54 Å². The molecule has 2 N–H and O–H groups in total. The topological polar surface area (TPSA) is 70.5 Å². The molecule has 1 aliphatic heterocycles. The van der Waals surface area contributed by atoms with Crippen LogP contribution in [0, 0.1) is 0 Å². The number of β-amino-alcohol motifs (C(OH)–C–C–N with tert-alkyl or cyclic N) is 1. The number of hydrogen-bond donors (Lipinski definition) is 2. The van der Waals surface area contributed by atoms with Crippen molar-refractivity contribution in [1.82, 2.24) is 15.3 Å². The first-order valence-electron chi connectivity index (χ1n) is 8.40. The maximum Gasteiger partial charge on any atom is 0.147 e. The van der Waals surface area contributed by atoms with Gasteiger partial charge in [-0.05, 0) is 24.1 Å². The molecule has 2 aromatic rings. The van der Waals surface area contributed by atoms with E-state index in [1.165, 1.54) is 0 Å². The Hall–Kier alpha value is -2.25. The molecule has 1 fully saturated rings. The summed E-state index contributed by atoms with van der Waals surface area (Å²) in [5.74, 6) is 1.46. The van der Waals surface area contributed by atoms with Crippen molar-refractivity contribution in [3.8, 4) is 5.75 Å².